The summed E-state index contributed by atoms with van der Waals surface area (Å²) in [4.78, 5) is 14.4. The molecule has 0 saturated carbocycles. The van der Waals surface area contributed by atoms with Crippen molar-refractivity contribution in [2.24, 2.45) is 0 Å². The first-order chi connectivity index (χ1) is 9.10. The van der Waals surface area contributed by atoms with Gasteiger partial charge in [-0.25, -0.2) is 9.97 Å². The van der Waals surface area contributed by atoms with E-state index in [0.29, 0.717) is 24.2 Å². The van der Waals surface area contributed by atoms with Gasteiger partial charge in [-0.15, -0.1) is 0 Å². The van der Waals surface area contributed by atoms with Crippen molar-refractivity contribution in [3.05, 3.63) is 28.6 Å². The van der Waals surface area contributed by atoms with E-state index in [9.17, 15) is 0 Å². The third-order valence-corrected chi connectivity index (χ3v) is 2.93. The number of hydrogen-bond acceptors (Lipinski definition) is 7. The zero-order chi connectivity index (χ0) is 13.8. The second-order valence-electron chi connectivity index (χ2n) is 3.98. The number of methoxy groups -OCH3 is 1. The molecule has 2 aromatic rings. The van der Waals surface area contributed by atoms with Crippen LogP contribution in [0.15, 0.2) is 21.4 Å². The first kappa shape index (κ1) is 13.9. The first-order valence-electron chi connectivity index (χ1n) is 5.64. The van der Waals surface area contributed by atoms with Crippen LogP contribution < -0.4 is 4.90 Å². The van der Waals surface area contributed by atoms with Crippen molar-refractivity contribution < 1.29 is 9.26 Å². The van der Waals surface area contributed by atoms with Crippen LogP contribution >= 0.6 is 15.9 Å². The molecule has 0 aliphatic rings. The van der Waals surface area contributed by atoms with Crippen LogP contribution in [0.25, 0.3) is 0 Å². The van der Waals surface area contributed by atoms with E-state index >= 15 is 0 Å². The summed E-state index contributed by atoms with van der Waals surface area (Å²) in [5, 5.41) is 3.86. The van der Waals surface area contributed by atoms with Gasteiger partial charge in [0.2, 0.25) is 11.8 Å². The number of anilines is 1. The number of nitrogens with zero attached hydrogens (tertiary/aromatic N) is 5. The third kappa shape index (κ3) is 3.48. The Morgan fingerprint density at radius 1 is 1.42 bits per heavy atom. The number of rotatable bonds is 5. The van der Waals surface area contributed by atoms with Gasteiger partial charge in [0.25, 0.3) is 0 Å². The van der Waals surface area contributed by atoms with Gasteiger partial charge in [-0.2, -0.15) is 4.98 Å². The van der Waals surface area contributed by atoms with Gasteiger partial charge in [0, 0.05) is 26.6 Å². The van der Waals surface area contributed by atoms with E-state index < -0.39 is 0 Å². The van der Waals surface area contributed by atoms with Gasteiger partial charge in [-0.3, -0.25) is 0 Å². The smallest absolute Gasteiger partial charge is 0.246 e. The number of ether oxygens (including phenoxy) is 1. The lowest BCUT2D eigenvalue weighted by atomic mass is 10.4. The van der Waals surface area contributed by atoms with Crippen molar-refractivity contribution in [2.75, 3.05) is 19.1 Å². The van der Waals surface area contributed by atoms with Gasteiger partial charge < -0.3 is 14.2 Å². The fourth-order valence-electron chi connectivity index (χ4n) is 1.38. The van der Waals surface area contributed by atoms with Crippen LogP contribution in [0, 0.1) is 0 Å². The molecule has 0 aliphatic carbocycles. The normalized spacial score (nSPS) is 12.4. The summed E-state index contributed by atoms with van der Waals surface area (Å²) in [6, 6.07) is 0. The van der Waals surface area contributed by atoms with Crippen molar-refractivity contribution >= 4 is 21.9 Å². The van der Waals surface area contributed by atoms with Crippen LogP contribution in [0.1, 0.15) is 24.7 Å². The van der Waals surface area contributed by atoms with Gasteiger partial charge >= 0.3 is 0 Å². The van der Waals surface area contributed by atoms with Gasteiger partial charge in [0.05, 0.1) is 11.0 Å². The molecule has 1 atom stereocenters. The summed E-state index contributed by atoms with van der Waals surface area (Å²) in [6.45, 7) is 2.29. The lowest BCUT2D eigenvalue weighted by Crippen LogP contribution is -2.19. The Kier molecular flexibility index (Phi) is 4.43. The zero-order valence-corrected chi connectivity index (χ0v) is 12.5. The maximum atomic E-state index is 5.16. The number of halogens is 1. The van der Waals surface area contributed by atoms with Crippen LogP contribution in [0.2, 0.25) is 0 Å². The molecule has 2 rings (SSSR count). The van der Waals surface area contributed by atoms with Crippen molar-refractivity contribution in [3.63, 3.8) is 0 Å². The minimum Gasteiger partial charge on any atom is -0.374 e. The van der Waals surface area contributed by atoms with E-state index in [-0.39, 0.29) is 6.10 Å². The van der Waals surface area contributed by atoms with Crippen molar-refractivity contribution in [3.8, 4) is 0 Å². The van der Waals surface area contributed by atoms with E-state index in [1.54, 1.807) is 19.5 Å². The predicted octanol–water partition coefficient (Wildman–Crippen LogP) is 1.97. The fourth-order valence-corrected chi connectivity index (χ4v) is 1.58. The standard InChI is InChI=1S/C11H14BrN5O2/c1-7(18-3)10-15-9(19-16-10)6-17(2)11-13-4-8(12)5-14-11/h4-5,7H,6H2,1-3H3/t7-/m0/s1. The van der Waals surface area contributed by atoms with E-state index in [1.165, 1.54) is 0 Å². The maximum Gasteiger partial charge on any atom is 0.246 e. The molecular weight excluding hydrogens is 314 g/mol. The molecule has 0 aliphatic heterocycles. The highest BCUT2D eigenvalue weighted by atomic mass is 79.9. The largest absolute Gasteiger partial charge is 0.374 e. The fraction of sp³-hybridized carbons (Fsp3) is 0.455. The van der Waals surface area contributed by atoms with Crippen LogP contribution in [0.3, 0.4) is 0 Å². The Morgan fingerprint density at radius 2 is 2.11 bits per heavy atom. The molecule has 102 valence electrons. The molecule has 2 heterocycles. The number of aromatic nitrogens is 4. The van der Waals surface area contributed by atoms with Crippen LogP contribution in [-0.2, 0) is 11.3 Å². The zero-order valence-electron chi connectivity index (χ0n) is 10.9. The van der Waals surface area contributed by atoms with Crippen molar-refractivity contribution in [1.82, 2.24) is 20.1 Å². The Bertz CT molecular complexity index is 530. The monoisotopic (exact) mass is 327 g/mol. The minimum atomic E-state index is -0.188. The lowest BCUT2D eigenvalue weighted by Gasteiger charge is -2.13. The molecule has 0 radical (unpaired) electrons. The molecule has 0 bridgehead atoms. The minimum absolute atomic E-state index is 0.188. The van der Waals surface area contributed by atoms with E-state index in [1.807, 2.05) is 18.9 Å². The van der Waals surface area contributed by atoms with Crippen LogP contribution in [0.5, 0.6) is 0 Å². The molecule has 0 aromatic carbocycles. The molecule has 2 aromatic heterocycles. The topological polar surface area (TPSA) is 77.2 Å². The van der Waals surface area contributed by atoms with Gasteiger partial charge in [0.15, 0.2) is 5.82 Å². The molecule has 0 amide bonds. The molecule has 7 nitrogen and oxygen atoms in total. The highest BCUT2D eigenvalue weighted by Gasteiger charge is 2.15. The quantitative estimate of drug-likeness (QED) is 0.830. The molecule has 0 unspecified atom stereocenters. The summed E-state index contributed by atoms with van der Waals surface area (Å²) in [5.74, 6) is 1.61. The third-order valence-electron chi connectivity index (χ3n) is 2.52. The predicted molar refractivity (Wildman–Crippen MR) is 71.6 cm³/mol. The molecule has 0 fully saturated rings. The second kappa shape index (κ2) is 6.07. The first-order valence-corrected chi connectivity index (χ1v) is 6.43. The van der Waals surface area contributed by atoms with Crippen LogP contribution in [-0.4, -0.2) is 34.3 Å². The molecule has 0 spiro atoms. The van der Waals surface area contributed by atoms with Crippen LogP contribution in [0.4, 0.5) is 5.95 Å². The summed E-state index contributed by atoms with van der Waals surface area (Å²) in [7, 11) is 3.45. The lowest BCUT2D eigenvalue weighted by molar-refractivity contribution is 0.109. The maximum absolute atomic E-state index is 5.16. The summed E-state index contributed by atoms with van der Waals surface area (Å²) < 4.78 is 11.1. The van der Waals surface area contributed by atoms with E-state index in [2.05, 4.69) is 36.0 Å². The van der Waals surface area contributed by atoms with E-state index in [4.69, 9.17) is 9.26 Å². The Labute approximate surface area is 119 Å². The Morgan fingerprint density at radius 3 is 2.74 bits per heavy atom. The van der Waals surface area contributed by atoms with Gasteiger partial charge in [0.1, 0.15) is 6.10 Å². The molecule has 19 heavy (non-hydrogen) atoms. The second-order valence-corrected chi connectivity index (χ2v) is 4.90. The Balaban J connectivity index is 2.04. The van der Waals surface area contributed by atoms with Gasteiger partial charge in [-0.05, 0) is 22.9 Å². The average molecular weight is 328 g/mol. The summed E-state index contributed by atoms with van der Waals surface area (Å²) in [5.41, 5.74) is 0. The molecule has 0 saturated heterocycles. The Hall–Kier alpha value is -1.54. The SMILES string of the molecule is CO[C@@H](C)c1noc(CN(C)c2ncc(Br)cn2)n1. The molecular formula is C11H14BrN5O2. The summed E-state index contributed by atoms with van der Waals surface area (Å²) >= 11 is 3.29. The van der Waals surface area contributed by atoms with Crippen molar-refractivity contribution in [2.45, 2.75) is 19.6 Å². The summed E-state index contributed by atoms with van der Waals surface area (Å²) in [6.07, 6.45) is 3.18. The highest BCUT2D eigenvalue weighted by Crippen LogP contribution is 2.14. The average Bonchev–Trinajstić information content (AvgIpc) is 2.87. The highest BCUT2D eigenvalue weighted by molar-refractivity contribution is 9.10. The molecule has 0 N–H and O–H groups in total. The van der Waals surface area contributed by atoms with E-state index in [0.717, 1.165) is 4.47 Å². The van der Waals surface area contributed by atoms with Gasteiger partial charge in [-0.1, -0.05) is 5.16 Å². The van der Waals surface area contributed by atoms with Crippen molar-refractivity contribution in [1.29, 1.82) is 0 Å². The number of hydrogen-bond donors (Lipinski definition) is 0. The molecule has 8 heteroatoms.